The lowest BCUT2D eigenvalue weighted by atomic mass is 10.0. The number of nitrogens with one attached hydrogen (secondary N) is 1. The Balaban J connectivity index is 2.50. The van der Waals surface area contributed by atoms with E-state index in [4.69, 9.17) is 22.4 Å². The van der Waals surface area contributed by atoms with Crippen LogP contribution < -0.4 is 11.1 Å². The number of amides is 1. The Kier molecular flexibility index (Phi) is 5.77. The topological polar surface area (TPSA) is 81.2 Å². The summed E-state index contributed by atoms with van der Waals surface area (Å²) in [6.45, 7) is 4.23. The van der Waals surface area contributed by atoms with Crippen molar-refractivity contribution in [1.29, 1.82) is 0 Å². The first-order valence-corrected chi connectivity index (χ1v) is 6.49. The molecule has 1 unspecified atom stereocenters. The number of hydrogen-bond acceptors (Lipinski definition) is 4. The zero-order valence-corrected chi connectivity index (χ0v) is 11.5. The summed E-state index contributed by atoms with van der Waals surface area (Å²) in [5, 5.41) is 2.74. The van der Waals surface area contributed by atoms with Crippen molar-refractivity contribution in [2.45, 2.75) is 39.7 Å². The molecule has 0 aliphatic rings. The number of thiocarbonyl (C=S) groups is 1. The zero-order chi connectivity index (χ0) is 13.5. The predicted molar refractivity (Wildman–Crippen MR) is 72.9 cm³/mol. The fraction of sp³-hybridized carbons (Fsp3) is 0.583. The molecule has 1 aromatic rings. The van der Waals surface area contributed by atoms with Crippen LogP contribution in [0.1, 0.15) is 38.3 Å². The monoisotopic (exact) mass is 269 g/mol. The lowest BCUT2D eigenvalue weighted by Gasteiger charge is -2.13. The molecule has 0 aromatic carbocycles. The molecule has 1 atom stereocenters. The average molecular weight is 269 g/mol. The van der Waals surface area contributed by atoms with E-state index in [1.54, 1.807) is 6.20 Å². The molecule has 0 saturated carbocycles. The zero-order valence-electron chi connectivity index (χ0n) is 10.7. The SMILES string of the molecule is CCCC(C(=O)NCc1ncc(CC)o1)C(N)=S. The number of carbonyl (C=O) groups is 1. The standard InChI is InChI=1S/C12H19N3O2S/c1-3-5-9(11(13)18)12(16)15-7-10-14-6-8(4-2)17-10/h6,9H,3-5,7H2,1-2H3,(H2,13,18)(H,15,16). The van der Waals surface area contributed by atoms with Crippen molar-refractivity contribution in [2.75, 3.05) is 0 Å². The Hall–Kier alpha value is -1.43. The van der Waals surface area contributed by atoms with Crippen LogP contribution in [0.3, 0.4) is 0 Å². The molecule has 0 aliphatic heterocycles. The van der Waals surface area contributed by atoms with Crippen LogP contribution in [0.25, 0.3) is 0 Å². The van der Waals surface area contributed by atoms with Crippen molar-refractivity contribution in [3.8, 4) is 0 Å². The van der Waals surface area contributed by atoms with Crippen molar-refractivity contribution < 1.29 is 9.21 Å². The van der Waals surface area contributed by atoms with E-state index in [0.717, 1.165) is 18.6 Å². The third-order valence-electron chi connectivity index (χ3n) is 2.60. The van der Waals surface area contributed by atoms with Gasteiger partial charge in [-0.2, -0.15) is 0 Å². The molecule has 100 valence electrons. The van der Waals surface area contributed by atoms with E-state index >= 15 is 0 Å². The first kappa shape index (κ1) is 14.6. The van der Waals surface area contributed by atoms with E-state index in [0.29, 0.717) is 12.3 Å². The van der Waals surface area contributed by atoms with Crippen LogP contribution in [-0.2, 0) is 17.8 Å². The number of nitrogens with zero attached hydrogens (tertiary/aromatic N) is 1. The molecule has 0 aliphatic carbocycles. The van der Waals surface area contributed by atoms with Crippen LogP contribution in [0.2, 0.25) is 0 Å². The van der Waals surface area contributed by atoms with E-state index < -0.39 is 5.92 Å². The number of aryl methyl sites for hydroxylation is 1. The van der Waals surface area contributed by atoms with Gasteiger partial charge < -0.3 is 15.5 Å². The summed E-state index contributed by atoms with van der Waals surface area (Å²) < 4.78 is 5.39. The number of aromatic nitrogens is 1. The highest BCUT2D eigenvalue weighted by Gasteiger charge is 2.20. The van der Waals surface area contributed by atoms with Crippen molar-refractivity contribution in [2.24, 2.45) is 11.7 Å². The summed E-state index contributed by atoms with van der Waals surface area (Å²) in [5.74, 6) is 0.725. The number of hydrogen-bond donors (Lipinski definition) is 2. The second-order valence-corrected chi connectivity index (χ2v) is 4.51. The summed E-state index contributed by atoms with van der Waals surface area (Å²) in [6, 6.07) is 0. The van der Waals surface area contributed by atoms with Crippen molar-refractivity contribution >= 4 is 23.1 Å². The Morgan fingerprint density at radius 3 is 2.83 bits per heavy atom. The molecule has 0 radical (unpaired) electrons. The van der Waals surface area contributed by atoms with E-state index in [2.05, 4.69) is 10.3 Å². The fourth-order valence-corrected chi connectivity index (χ4v) is 1.80. The molecule has 1 amide bonds. The lowest BCUT2D eigenvalue weighted by Crippen LogP contribution is -2.37. The highest BCUT2D eigenvalue weighted by atomic mass is 32.1. The summed E-state index contributed by atoms with van der Waals surface area (Å²) in [4.78, 5) is 16.2. The first-order chi connectivity index (χ1) is 8.58. The maximum absolute atomic E-state index is 11.9. The predicted octanol–water partition coefficient (Wildman–Crippen LogP) is 1.56. The first-order valence-electron chi connectivity index (χ1n) is 6.09. The number of rotatable bonds is 7. The quantitative estimate of drug-likeness (QED) is 0.734. The van der Waals surface area contributed by atoms with Gasteiger partial charge in [-0.15, -0.1) is 0 Å². The van der Waals surface area contributed by atoms with Gasteiger partial charge >= 0.3 is 0 Å². The second-order valence-electron chi connectivity index (χ2n) is 4.04. The van der Waals surface area contributed by atoms with Crippen LogP contribution >= 0.6 is 12.2 Å². The molecular weight excluding hydrogens is 250 g/mol. The second kappa shape index (κ2) is 7.10. The van der Waals surface area contributed by atoms with Gasteiger partial charge in [0, 0.05) is 6.42 Å². The smallest absolute Gasteiger partial charge is 0.230 e. The number of carbonyl (C=O) groups excluding carboxylic acids is 1. The van der Waals surface area contributed by atoms with Gasteiger partial charge in [0.05, 0.1) is 23.6 Å². The van der Waals surface area contributed by atoms with Gasteiger partial charge in [0.1, 0.15) is 5.76 Å². The highest BCUT2D eigenvalue weighted by molar-refractivity contribution is 7.80. The van der Waals surface area contributed by atoms with E-state index in [1.807, 2.05) is 13.8 Å². The Labute approximate surface area is 112 Å². The summed E-state index contributed by atoms with van der Waals surface area (Å²) in [7, 11) is 0. The number of oxazole rings is 1. The maximum Gasteiger partial charge on any atom is 0.230 e. The molecule has 5 nitrogen and oxygen atoms in total. The molecule has 18 heavy (non-hydrogen) atoms. The summed E-state index contributed by atoms with van der Waals surface area (Å²) in [5.41, 5.74) is 5.55. The van der Waals surface area contributed by atoms with Gasteiger partial charge in [-0.1, -0.05) is 32.5 Å². The third kappa shape index (κ3) is 4.10. The van der Waals surface area contributed by atoms with E-state index in [1.165, 1.54) is 0 Å². The van der Waals surface area contributed by atoms with Gasteiger partial charge in [0.25, 0.3) is 0 Å². The average Bonchev–Trinajstić information content (AvgIpc) is 2.80. The fourth-order valence-electron chi connectivity index (χ4n) is 1.57. The minimum atomic E-state index is -0.411. The van der Waals surface area contributed by atoms with Crippen molar-refractivity contribution in [3.05, 3.63) is 17.8 Å². The van der Waals surface area contributed by atoms with Crippen LogP contribution in [0.15, 0.2) is 10.6 Å². The van der Waals surface area contributed by atoms with Crippen LogP contribution in [0, 0.1) is 5.92 Å². The maximum atomic E-state index is 11.9. The molecule has 0 spiro atoms. The Morgan fingerprint density at radius 2 is 2.33 bits per heavy atom. The van der Waals surface area contributed by atoms with E-state index in [9.17, 15) is 4.79 Å². The molecule has 0 bridgehead atoms. The van der Waals surface area contributed by atoms with Crippen molar-refractivity contribution in [3.63, 3.8) is 0 Å². The Bertz CT molecular complexity index is 417. The van der Waals surface area contributed by atoms with Crippen molar-refractivity contribution in [1.82, 2.24) is 10.3 Å². The molecular formula is C12H19N3O2S. The van der Waals surface area contributed by atoms with Gasteiger partial charge in [0.15, 0.2) is 0 Å². The molecule has 1 heterocycles. The van der Waals surface area contributed by atoms with Crippen LogP contribution in [0.5, 0.6) is 0 Å². The molecule has 0 fully saturated rings. The van der Waals surface area contributed by atoms with Gasteiger partial charge in [-0.3, -0.25) is 4.79 Å². The van der Waals surface area contributed by atoms with Gasteiger partial charge in [-0.05, 0) is 6.42 Å². The molecule has 6 heteroatoms. The van der Waals surface area contributed by atoms with Gasteiger partial charge in [0.2, 0.25) is 11.8 Å². The molecule has 1 rings (SSSR count). The molecule has 3 N–H and O–H groups in total. The highest BCUT2D eigenvalue weighted by Crippen LogP contribution is 2.08. The van der Waals surface area contributed by atoms with E-state index in [-0.39, 0.29) is 17.4 Å². The molecule has 1 aromatic heterocycles. The summed E-state index contributed by atoms with van der Waals surface area (Å²) in [6.07, 6.45) is 3.96. The largest absolute Gasteiger partial charge is 0.444 e. The normalized spacial score (nSPS) is 12.1. The minimum absolute atomic E-state index is 0.166. The minimum Gasteiger partial charge on any atom is -0.444 e. The van der Waals surface area contributed by atoms with Gasteiger partial charge in [-0.25, -0.2) is 4.98 Å². The lowest BCUT2D eigenvalue weighted by molar-refractivity contribution is -0.123. The number of nitrogens with two attached hydrogens (primary N) is 1. The summed E-state index contributed by atoms with van der Waals surface area (Å²) >= 11 is 4.89. The van der Waals surface area contributed by atoms with Crippen LogP contribution in [-0.4, -0.2) is 15.9 Å². The third-order valence-corrected chi connectivity index (χ3v) is 2.89. The van der Waals surface area contributed by atoms with Crippen LogP contribution in [0.4, 0.5) is 0 Å². The molecule has 0 saturated heterocycles. The Morgan fingerprint density at radius 1 is 1.61 bits per heavy atom.